The van der Waals surface area contributed by atoms with Crippen LogP contribution < -0.4 is 0 Å². The van der Waals surface area contributed by atoms with Gasteiger partial charge in [0.1, 0.15) is 6.79 Å². The van der Waals surface area contributed by atoms with Crippen molar-refractivity contribution < 1.29 is 14.6 Å². The van der Waals surface area contributed by atoms with Crippen LogP contribution in [0.2, 0.25) is 0 Å². The first-order valence-corrected chi connectivity index (χ1v) is 3.43. The molecule has 0 radical (unpaired) electrons. The fourth-order valence-corrected chi connectivity index (χ4v) is 0.611. The summed E-state index contributed by atoms with van der Waals surface area (Å²) in [5.41, 5.74) is 0. The summed E-state index contributed by atoms with van der Waals surface area (Å²) in [6, 6.07) is 0. The molecule has 0 bridgehead atoms. The van der Waals surface area contributed by atoms with Crippen molar-refractivity contribution in [3.05, 3.63) is 0 Å². The predicted octanol–water partition coefficient (Wildman–Crippen LogP) is 0.624. The number of aliphatic hydroxyl groups is 1. The quantitative estimate of drug-likeness (QED) is 0.581. The first kappa shape index (κ1) is 9.88. The maximum absolute atomic E-state index is 8.74. The van der Waals surface area contributed by atoms with E-state index in [0.29, 0.717) is 5.92 Å². The van der Waals surface area contributed by atoms with Gasteiger partial charge in [-0.1, -0.05) is 13.8 Å². The molecule has 3 nitrogen and oxygen atoms in total. The summed E-state index contributed by atoms with van der Waals surface area (Å²) in [5.74, 6) is 0.333. The highest BCUT2D eigenvalue weighted by Crippen LogP contribution is 2.04. The van der Waals surface area contributed by atoms with Crippen molar-refractivity contribution in [1.29, 1.82) is 0 Å². The summed E-state index contributed by atoms with van der Waals surface area (Å²) in [6.07, 6.45) is -0.0973. The fourth-order valence-electron chi connectivity index (χ4n) is 0.611. The van der Waals surface area contributed by atoms with Crippen LogP contribution in [0.3, 0.4) is 0 Å². The molecule has 0 amide bonds. The van der Waals surface area contributed by atoms with Gasteiger partial charge in [-0.05, 0) is 5.92 Å². The monoisotopic (exact) mass is 148 g/mol. The highest BCUT2D eigenvalue weighted by atomic mass is 16.7. The largest absolute Gasteiger partial charge is 0.394 e. The second-order valence-corrected chi connectivity index (χ2v) is 2.54. The first-order chi connectivity index (χ1) is 4.72. The average molecular weight is 148 g/mol. The Labute approximate surface area is 62.0 Å². The van der Waals surface area contributed by atoms with Crippen molar-refractivity contribution in [1.82, 2.24) is 0 Å². The SMILES string of the molecule is COCOC(CO)C(C)C. The molecule has 1 atom stereocenters. The number of methoxy groups -OCH3 is 1. The summed E-state index contributed by atoms with van der Waals surface area (Å²) >= 11 is 0. The molecule has 0 rings (SSSR count). The second kappa shape index (κ2) is 5.65. The first-order valence-electron chi connectivity index (χ1n) is 3.43. The van der Waals surface area contributed by atoms with Gasteiger partial charge in [-0.3, -0.25) is 0 Å². The highest BCUT2D eigenvalue weighted by molar-refractivity contribution is 4.58. The van der Waals surface area contributed by atoms with Gasteiger partial charge >= 0.3 is 0 Å². The zero-order chi connectivity index (χ0) is 7.98. The summed E-state index contributed by atoms with van der Waals surface area (Å²) in [5, 5.41) is 8.74. The van der Waals surface area contributed by atoms with Crippen molar-refractivity contribution >= 4 is 0 Å². The van der Waals surface area contributed by atoms with Crippen molar-refractivity contribution in [2.45, 2.75) is 20.0 Å². The molecule has 3 heteroatoms. The molecule has 0 saturated carbocycles. The Morgan fingerprint density at radius 3 is 2.30 bits per heavy atom. The molecule has 0 aromatic heterocycles. The van der Waals surface area contributed by atoms with E-state index in [-0.39, 0.29) is 19.5 Å². The van der Waals surface area contributed by atoms with Crippen LogP contribution >= 0.6 is 0 Å². The van der Waals surface area contributed by atoms with Crippen molar-refractivity contribution in [3.63, 3.8) is 0 Å². The van der Waals surface area contributed by atoms with Gasteiger partial charge in [0.05, 0.1) is 12.7 Å². The molecule has 0 aliphatic heterocycles. The normalized spacial score (nSPS) is 14.1. The molecule has 0 aromatic rings. The van der Waals surface area contributed by atoms with Gasteiger partial charge in [0.25, 0.3) is 0 Å². The third-order valence-electron chi connectivity index (χ3n) is 1.32. The summed E-state index contributed by atoms with van der Waals surface area (Å²) in [7, 11) is 1.56. The van der Waals surface area contributed by atoms with E-state index >= 15 is 0 Å². The van der Waals surface area contributed by atoms with Crippen molar-refractivity contribution in [3.8, 4) is 0 Å². The average Bonchev–Trinajstić information content (AvgIpc) is 1.89. The predicted molar refractivity (Wildman–Crippen MR) is 38.7 cm³/mol. The van der Waals surface area contributed by atoms with E-state index in [0.717, 1.165) is 0 Å². The number of aliphatic hydroxyl groups excluding tert-OH is 1. The van der Waals surface area contributed by atoms with Gasteiger partial charge < -0.3 is 14.6 Å². The van der Waals surface area contributed by atoms with Gasteiger partial charge in [-0.15, -0.1) is 0 Å². The molecule has 0 aliphatic rings. The Kier molecular flexibility index (Phi) is 5.58. The molecule has 0 fully saturated rings. The van der Waals surface area contributed by atoms with Crippen LogP contribution in [-0.4, -0.2) is 31.7 Å². The van der Waals surface area contributed by atoms with Crippen LogP contribution in [0.5, 0.6) is 0 Å². The molecule has 0 heterocycles. The smallest absolute Gasteiger partial charge is 0.146 e. The van der Waals surface area contributed by atoms with Crippen molar-refractivity contribution in [2.24, 2.45) is 5.92 Å². The standard InChI is InChI=1S/C7H16O3/c1-6(2)7(4-8)10-5-9-3/h6-8H,4-5H2,1-3H3. The zero-order valence-corrected chi connectivity index (χ0v) is 6.83. The molecule has 1 N–H and O–H groups in total. The molecule has 0 aromatic carbocycles. The number of rotatable bonds is 5. The minimum atomic E-state index is -0.0973. The minimum absolute atomic E-state index is 0.0566. The Morgan fingerprint density at radius 2 is 2.00 bits per heavy atom. The lowest BCUT2D eigenvalue weighted by Gasteiger charge is -2.17. The van der Waals surface area contributed by atoms with E-state index in [1.165, 1.54) is 0 Å². The van der Waals surface area contributed by atoms with Crippen molar-refractivity contribution in [2.75, 3.05) is 20.5 Å². The number of hydrogen-bond donors (Lipinski definition) is 1. The topological polar surface area (TPSA) is 38.7 Å². The second-order valence-electron chi connectivity index (χ2n) is 2.54. The van der Waals surface area contributed by atoms with Crippen LogP contribution in [0.15, 0.2) is 0 Å². The zero-order valence-electron chi connectivity index (χ0n) is 6.83. The molecule has 62 valence electrons. The van der Waals surface area contributed by atoms with E-state index < -0.39 is 0 Å². The van der Waals surface area contributed by atoms with Gasteiger partial charge in [0, 0.05) is 7.11 Å². The molecule has 0 spiro atoms. The van der Waals surface area contributed by atoms with Gasteiger partial charge in [-0.25, -0.2) is 0 Å². The Bertz CT molecular complexity index is 73.3. The van der Waals surface area contributed by atoms with E-state index in [4.69, 9.17) is 14.6 Å². The highest BCUT2D eigenvalue weighted by Gasteiger charge is 2.11. The van der Waals surface area contributed by atoms with Crippen LogP contribution in [0, 0.1) is 5.92 Å². The Hall–Kier alpha value is -0.120. The number of hydrogen-bond acceptors (Lipinski definition) is 3. The Morgan fingerprint density at radius 1 is 1.40 bits per heavy atom. The van der Waals surface area contributed by atoms with E-state index in [1.54, 1.807) is 7.11 Å². The summed E-state index contributed by atoms with van der Waals surface area (Å²) < 4.78 is 9.82. The third-order valence-corrected chi connectivity index (χ3v) is 1.32. The van der Waals surface area contributed by atoms with Crippen LogP contribution in [-0.2, 0) is 9.47 Å². The maximum atomic E-state index is 8.74. The minimum Gasteiger partial charge on any atom is -0.394 e. The van der Waals surface area contributed by atoms with E-state index in [2.05, 4.69) is 0 Å². The maximum Gasteiger partial charge on any atom is 0.146 e. The molecular formula is C7H16O3. The lowest BCUT2D eigenvalue weighted by molar-refractivity contribution is -0.102. The molecule has 0 saturated heterocycles. The van der Waals surface area contributed by atoms with Crippen LogP contribution in [0.25, 0.3) is 0 Å². The molecule has 1 unspecified atom stereocenters. The summed E-state index contributed by atoms with van der Waals surface area (Å²) in [6.45, 7) is 4.30. The Balaban J connectivity index is 3.40. The number of ether oxygens (including phenoxy) is 2. The lowest BCUT2D eigenvalue weighted by atomic mass is 10.1. The fraction of sp³-hybridized carbons (Fsp3) is 1.00. The lowest BCUT2D eigenvalue weighted by Crippen LogP contribution is -2.24. The van der Waals surface area contributed by atoms with Gasteiger partial charge in [-0.2, -0.15) is 0 Å². The van der Waals surface area contributed by atoms with Crippen LogP contribution in [0.1, 0.15) is 13.8 Å². The third kappa shape index (κ3) is 3.82. The van der Waals surface area contributed by atoms with Crippen LogP contribution in [0.4, 0.5) is 0 Å². The molecule has 10 heavy (non-hydrogen) atoms. The molecular weight excluding hydrogens is 132 g/mol. The van der Waals surface area contributed by atoms with Gasteiger partial charge in [0.15, 0.2) is 0 Å². The van der Waals surface area contributed by atoms with E-state index in [9.17, 15) is 0 Å². The van der Waals surface area contributed by atoms with Gasteiger partial charge in [0.2, 0.25) is 0 Å². The molecule has 0 aliphatic carbocycles. The van der Waals surface area contributed by atoms with E-state index in [1.807, 2.05) is 13.8 Å². The summed E-state index contributed by atoms with van der Waals surface area (Å²) in [4.78, 5) is 0.